The van der Waals surface area contributed by atoms with Gasteiger partial charge in [0.1, 0.15) is 6.54 Å². The molecule has 1 aromatic heterocycles. The van der Waals surface area contributed by atoms with E-state index in [1.165, 1.54) is 48.6 Å². The number of aryl methyl sites for hydroxylation is 2. The van der Waals surface area contributed by atoms with Crippen molar-refractivity contribution in [2.24, 2.45) is 0 Å². The van der Waals surface area contributed by atoms with Gasteiger partial charge in [0.05, 0.1) is 0 Å². The Morgan fingerprint density at radius 1 is 0.944 bits per heavy atom. The molecular weight excluding hydrogens is 218 g/mol. The number of benzene rings is 1. The lowest BCUT2D eigenvalue weighted by Gasteiger charge is -2.03. The van der Waals surface area contributed by atoms with E-state index in [1.807, 2.05) is 0 Å². The molecule has 1 nitrogen and oxygen atoms in total. The summed E-state index contributed by atoms with van der Waals surface area (Å²) in [6.45, 7) is 5.60. The van der Waals surface area contributed by atoms with Crippen molar-refractivity contribution in [2.45, 2.75) is 52.5 Å². The van der Waals surface area contributed by atoms with Crippen LogP contribution in [-0.4, -0.2) is 0 Å². The van der Waals surface area contributed by atoms with Crippen LogP contribution >= 0.6 is 0 Å². The molecule has 2 aromatic rings. The summed E-state index contributed by atoms with van der Waals surface area (Å²) in [6, 6.07) is 10.9. The SMILES string of the molecule is CCCCCCC[n+]1ccc(C)c2ccccc21. The maximum absolute atomic E-state index is 2.40. The third-order valence-electron chi connectivity index (χ3n) is 3.65. The number of rotatable bonds is 6. The minimum atomic E-state index is 1.14. The van der Waals surface area contributed by atoms with Crippen molar-refractivity contribution in [3.63, 3.8) is 0 Å². The largest absolute Gasteiger partial charge is 0.212 e. The summed E-state index contributed by atoms with van der Waals surface area (Å²) in [7, 11) is 0. The molecule has 96 valence electrons. The fourth-order valence-corrected chi connectivity index (χ4v) is 2.51. The summed E-state index contributed by atoms with van der Waals surface area (Å²) < 4.78 is 2.40. The van der Waals surface area contributed by atoms with Crippen LogP contribution in [0.5, 0.6) is 0 Å². The highest BCUT2D eigenvalue weighted by molar-refractivity contribution is 5.78. The zero-order valence-corrected chi connectivity index (χ0v) is 11.7. The summed E-state index contributed by atoms with van der Waals surface area (Å²) >= 11 is 0. The molecule has 0 saturated carbocycles. The minimum absolute atomic E-state index is 1.14. The highest BCUT2D eigenvalue weighted by Gasteiger charge is 2.09. The second kappa shape index (κ2) is 6.53. The molecule has 0 amide bonds. The van der Waals surface area contributed by atoms with Crippen LogP contribution in [0, 0.1) is 6.92 Å². The molecule has 0 spiro atoms. The van der Waals surface area contributed by atoms with Crippen molar-refractivity contribution in [3.8, 4) is 0 Å². The molecule has 1 heterocycles. The van der Waals surface area contributed by atoms with Gasteiger partial charge in [-0.05, 0) is 25.0 Å². The fraction of sp³-hybridized carbons (Fsp3) is 0.471. The normalized spacial score (nSPS) is 11.0. The minimum Gasteiger partial charge on any atom is -0.198 e. The Hall–Kier alpha value is -1.37. The van der Waals surface area contributed by atoms with Crippen LogP contribution in [0.3, 0.4) is 0 Å². The zero-order chi connectivity index (χ0) is 12.8. The highest BCUT2D eigenvalue weighted by atomic mass is 14.9. The number of nitrogens with zero attached hydrogens (tertiary/aromatic N) is 1. The van der Waals surface area contributed by atoms with Gasteiger partial charge in [-0.3, -0.25) is 0 Å². The van der Waals surface area contributed by atoms with Crippen LogP contribution in [-0.2, 0) is 6.54 Å². The summed E-state index contributed by atoms with van der Waals surface area (Å²) in [5.41, 5.74) is 2.74. The Morgan fingerprint density at radius 3 is 2.56 bits per heavy atom. The van der Waals surface area contributed by atoms with E-state index in [1.54, 1.807) is 0 Å². The molecule has 0 bridgehead atoms. The molecule has 0 unspecified atom stereocenters. The molecule has 2 rings (SSSR count). The van der Waals surface area contributed by atoms with Gasteiger partial charge in [-0.1, -0.05) is 38.3 Å². The number of unbranched alkanes of at least 4 members (excludes halogenated alkanes) is 4. The third kappa shape index (κ3) is 3.10. The molecule has 0 N–H and O–H groups in total. The van der Waals surface area contributed by atoms with Crippen molar-refractivity contribution >= 4 is 10.9 Å². The van der Waals surface area contributed by atoms with E-state index in [0.29, 0.717) is 0 Å². The van der Waals surface area contributed by atoms with Gasteiger partial charge >= 0.3 is 0 Å². The summed E-state index contributed by atoms with van der Waals surface area (Å²) in [5.74, 6) is 0. The van der Waals surface area contributed by atoms with E-state index >= 15 is 0 Å². The Labute approximate surface area is 110 Å². The molecule has 18 heavy (non-hydrogen) atoms. The van der Waals surface area contributed by atoms with Crippen LogP contribution in [0.4, 0.5) is 0 Å². The lowest BCUT2D eigenvalue weighted by atomic mass is 10.1. The lowest BCUT2D eigenvalue weighted by Crippen LogP contribution is -2.34. The Balaban J connectivity index is 2.07. The molecule has 0 aliphatic carbocycles. The lowest BCUT2D eigenvalue weighted by molar-refractivity contribution is -0.671. The van der Waals surface area contributed by atoms with Gasteiger partial charge in [0, 0.05) is 23.9 Å². The average Bonchev–Trinajstić information content (AvgIpc) is 2.41. The van der Waals surface area contributed by atoms with Crippen LogP contribution < -0.4 is 4.57 Å². The van der Waals surface area contributed by atoms with E-state index in [9.17, 15) is 0 Å². The van der Waals surface area contributed by atoms with E-state index in [0.717, 1.165) is 6.54 Å². The first-order valence-corrected chi connectivity index (χ1v) is 7.20. The first-order valence-electron chi connectivity index (χ1n) is 7.20. The van der Waals surface area contributed by atoms with Crippen molar-refractivity contribution in [1.29, 1.82) is 0 Å². The van der Waals surface area contributed by atoms with Gasteiger partial charge in [0.25, 0.3) is 0 Å². The molecule has 0 aliphatic heterocycles. The molecule has 0 saturated heterocycles. The average molecular weight is 242 g/mol. The summed E-state index contributed by atoms with van der Waals surface area (Å²) in [6.07, 6.45) is 8.94. The fourth-order valence-electron chi connectivity index (χ4n) is 2.51. The predicted octanol–water partition coefficient (Wildman–Crippen LogP) is 4.41. The van der Waals surface area contributed by atoms with Crippen molar-refractivity contribution in [1.82, 2.24) is 0 Å². The number of aromatic nitrogens is 1. The van der Waals surface area contributed by atoms with Crippen LogP contribution in [0.1, 0.15) is 44.6 Å². The Bertz CT molecular complexity index is 502. The van der Waals surface area contributed by atoms with E-state index in [2.05, 4.69) is 54.9 Å². The van der Waals surface area contributed by atoms with Crippen LogP contribution in [0.15, 0.2) is 36.5 Å². The maximum Gasteiger partial charge on any atom is 0.212 e. The van der Waals surface area contributed by atoms with Gasteiger partial charge in [0.15, 0.2) is 6.20 Å². The molecule has 1 heteroatoms. The molecule has 1 aromatic carbocycles. The smallest absolute Gasteiger partial charge is 0.198 e. The number of hydrogen-bond donors (Lipinski definition) is 0. The van der Waals surface area contributed by atoms with E-state index in [4.69, 9.17) is 0 Å². The highest BCUT2D eigenvalue weighted by Crippen LogP contribution is 2.14. The summed E-state index contributed by atoms with van der Waals surface area (Å²) in [4.78, 5) is 0. The number of hydrogen-bond acceptors (Lipinski definition) is 0. The Morgan fingerprint density at radius 2 is 1.72 bits per heavy atom. The van der Waals surface area contributed by atoms with Crippen molar-refractivity contribution < 1.29 is 4.57 Å². The Kier molecular flexibility index (Phi) is 4.74. The standard InChI is InChI=1S/C17H24N/c1-3-4-5-6-9-13-18-14-12-15(2)16-10-7-8-11-17(16)18/h7-8,10-12,14H,3-6,9,13H2,1-2H3/q+1. The van der Waals surface area contributed by atoms with Gasteiger partial charge in [0.2, 0.25) is 5.52 Å². The van der Waals surface area contributed by atoms with Gasteiger partial charge in [-0.15, -0.1) is 0 Å². The number of pyridine rings is 1. The van der Waals surface area contributed by atoms with Gasteiger partial charge in [-0.2, -0.15) is 4.57 Å². The number of fused-ring (bicyclic) bond motifs is 1. The van der Waals surface area contributed by atoms with Crippen molar-refractivity contribution in [2.75, 3.05) is 0 Å². The molecular formula is C17H24N+. The van der Waals surface area contributed by atoms with Gasteiger partial charge < -0.3 is 0 Å². The second-order valence-corrected chi connectivity index (χ2v) is 5.12. The monoisotopic (exact) mass is 242 g/mol. The third-order valence-corrected chi connectivity index (χ3v) is 3.65. The maximum atomic E-state index is 2.40. The van der Waals surface area contributed by atoms with Crippen LogP contribution in [0.2, 0.25) is 0 Å². The van der Waals surface area contributed by atoms with E-state index < -0.39 is 0 Å². The zero-order valence-electron chi connectivity index (χ0n) is 11.7. The first kappa shape index (κ1) is 13.1. The molecule has 0 atom stereocenters. The first-order chi connectivity index (χ1) is 8.83. The second-order valence-electron chi connectivity index (χ2n) is 5.12. The van der Waals surface area contributed by atoms with Crippen molar-refractivity contribution in [3.05, 3.63) is 42.1 Å². The number of para-hydroxylation sites is 1. The molecule has 0 aliphatic rings. The van der Waals surface area contributed by atoms with E-state index in [-0.39, 0.29) is 0 Å². The quantitative estimate of drug-likeness (QED) is 0.522. The summed E-state index contributed by atoms with van der Waals surface area (Å²) in [5, 5.41) is 1.38. The van der Waals surface area contributed by atoms with Crippen LogP contribution in [0.25, 0.3) is 10.9 Å². The topological polar surface area (TPSA) is 3.88 Å². The molecule has 0 fully saturated rings. The molecule has 0 radical (unpaired) electrons. The van der Waals surface area contributed by atoms with Gasteiger partial charge in [-0.25, -0.2) is 0 Å². The predicted molar refractivity (Wildman–Crippen MR) is 77.6 cm³/mol.